The summed E-state index contributed by atoms with van der Waals surface area (Å²) in [5.74, 6) is 1.55. The van der Waals surface area contributed by atoms with Crippen LogP contribution in [0.1, 0.15) is 54.6 Å². The number of halogens is 1. The van der Waals surface area contributed by atoms with Gasteiger partial charge in [0.1, 0.15) is 11.4 Å². The third-order valence-electron chi connectivity index (χ3n) is 6.92. The number of hydrogen-bond donors (Lipinski definition) is 1. The van der Waals surface area contributed by atoms with Crippen LogP contribution in [0.4, 0.5) is 5.82 Å². The standard InChI is InChI=1S/C31H30ClN3O4/c1-19(2)39-27-16-25-21(14-26(27)38-4)15-29(36)35(30(25)20-7-10-24(32)11-8-20)28-12-9-23(18-34-28)31(3,37)22-6-5-13-33-17-22/h5-14,16-19,30,37H,15H2,1-4H3/t30-,31?/m0/s1. The highest BCUT2D eigenvalue weighted by Gasteiger charge is 2.37. The Morgan fingerprint density at radius 2 is 1.79 bits per heavy atom. The van der Waals surface area contributed by atoms with Gasteiger partial charge < -0.3 is 14.6 Å². The monoisotopic (exact) mass is 543 g/mol. The molecule has 39 heavy (non-hydrogen) atoms. The second-order valence-electron chi connectivity index (χ2n) is 9.98. The largest absolute Gasteiger partial charge is 0.493 e. The zero-order valence-electron chi connectivity index (χ0n) is 22.3. The number of nitrogens with zero attached hydrogens (tertiary/aromatic N) is 3. The molecule has 0 fully saturated rings. The van der Waals surface area contributed by atoms with Crippen molar-refractivity contribution in [2.75, 3.05) is 12.0 Å². The first kappa shape index (κ1) is 26.7. The Morgan fingerprint density at radius 3 is 2.41 bits per heavy atom. The molecule has 1 unspecified atom stereocenters. The van der Waals surface area contributed by atoms with Crippen LogP contribution in [0, 0.1) is 0 Å². The van der Waals surface area contributed by atoms with Crippen LogP contribution < -0.4 is 14.4 Å². The molecular weight excluding hydrogens is 514 g/mol. The summed E-state index contributed by atoms with van der Waals surface area (Å²) >= 11 is 6.21. The Morgan fingerprint density at radius 1 is 1.05 bits per heavy atom. The smallest absolute Gasteiger partial charge is 0.233 e. The van der Waals surface area contributed by atoms with Crippen LogP contribution in [-0.4, -0.2) is 34.2 Å². The van der Waals surface area contributed by atoms with Gasteiger partial charge in [0.25, 0.3) is 0 Å². The molecule has 4 aromatic rings. The first-order valence-corrected chi connectivity index (χ1v) is 13.1. The Labute approximate surface area is 233 Å². The van der Waals surface area contributed by atoms with Gasteiger partial charge in [-0.25, -0.2) is 4.98 Å². The summed E-state index contributed by atoms with van der Waals surface area (Å²) in [5, 5.41) is 11.9. The summed E-state index contributed by atoms with van der Waals surface area (Å²) in [5.41, 5.74) is 2.59. The number of carbonyl (C=O) groups excluding carboxylic acids is 1. The lowest BCUT2D eigenvalue weighted by atomic mass is 9.87. The Balaban J connectivity index is 1.61. The average molecular weight is 544 g/mol. The van der Waals surface area contributed by atoms with Crippen LogP contribution in [0.2, 0.25) is 5.02 Å². The summed E-state index contributed by atoms with van der Waals surface area (Å²) in [7, 11) is 1.59. The number of pyridine rings is 2. The lowest BCUT2D eigenvalue weighted by Gasteiger charge is -2.37. The van der Waals surface area contributed by atoms with Crippen LogP contribution in [0.5, 0.6) is 11.5 Å². The minimum absolute atomic E-state index is 0.0610. The second-order valence-corrected chi connectivity index (χ2v) is 10.4. The number of anilines is 1. The number of ether oxygens (including phenoxy) is 2. The van der Waals surface area contributed by atoms with Gasteiger partial charge in [-0.15, -0.1) is 0 Å². The van der Waals surface area contributed by atoms with Crippen LogP contribution in [0.3, 0.4) is 0 Å². The topological polar surface area (TPSA) is 84.8 Å². The number of aromatic nitrogens is 2. The maximum Gasteiger partial charge on any atom is 0.233 e. The molecule has 1 N–H and O–H groups in total. The first-order valence-electron chi connectivity index (χ1n) is 12.7. The van der Waals surface area contributed by atoms with Crippen molar-refractivity contribution < 1.29 is 19.4 Å². The molecule has 2 aromatic heterocycles. The fourth-order valence-corrected chi connectivity index (χ4v) is 5.06. The number of fused-ring (bicyclic) bond motifs is 1. The summed E-state index contributed by atoms with van der Waals surface area (Å²) in [6.07, 6.45) is 5.00. The van der Waals surface area contributed by atoms with Crippen LogP contribution in [-0.2, 0) is 16.8 Å². The molecular formula is C31H30ClN3O4. The lowest BCUT2D eigenvalue weighted by Crippen LogP contribution is -2.41. The van der Waals surface area contributed by atoms with Gasteiger partial charge in [-0.2, -0.15) is 0 Å². The average Bonchev–Trinajstić information content (AvgIpc) is 2.93. The van der Waals surface area contributed by atoms with Gasteiger partial charge in [0.2, 0.25) is 5.91 Å². The molecule has 0 saturated heterocycles. The van der Waals surface area contributed by atoms with Crippen molar-refractivity contribution in [1.29, 1.82) is 0 Å². The van der Waals surface area contributed by atoms with Gasteiger partial charge in [-0.05, 0) is 73.9 Å². The number of amides is 1. The Hall–Kier alpha value is -3.94. The predicted octanol–water partition coefficient (Wildman–Crippen LogP) is 5.86. The normalized spacial score (nSPS) is 16.5. The van der Waals surface area contributed by atoms with Crippen LogP contribution in [0.15, 0.2) is 79.3 Å². The van der Waals surface area contributed by atoms with E-state index in [-0.39, 0.29) is 18.4 Å². The molecule has 8 heteroatoms. The third-order valence-corrected chi connectivity index (χ3v) is 7.17. The Kier molecular flexibility index (Phi) is 7.30. The van der Waals surface area contributed by atoms with Gasteiger partial charge in [-0.3, -0.25) is 14.7 Å². The van der Waals surface area contributed by atoms with Gasteiger partial charge in [0.05, 0.1) is 25.7 Å². The molecule has 5 rings (SSSR count). The Bertz CT molecular complexity index is 1470. The predicted molar refractivity (Wildman–Crippen MR) is 150 cm³/mol. The number of benzene rings is 2. The molecule has 0 radical (unpaired) electrons. The summed E-state index contributed by atoms with van der Waals surface area (Å²) in [6.45, 7) is 5.61. The van der Waals surface area contributed by atoms with Crippen LogP contribution >= 0.6 is 11.6 Å². The van der Waals surface area contributed by atoms with E-state index in [2.05, 4.69) is 9.97 Å². The number of carbonyl (C=O) groups is 1. The van der Waals surface area contributed by atoms with E-state index < -0.39 is 11.6 Å². The highest BCUT2D eigenvalue weighted by Crippen LogP contribution is 2.43. The van der Waals surface area contributed by atoms with Crippen molar-refractivity contribution in [1.82, 2.24) is 9.97 Å². The first-order chi connectivity index (χ1) is 18.7. The zero-order valence-corrected chi connectivity index (χ0v) is 23.0. The summed E-state index contributed by atoms with van der Waals surface area (Å²) in [4.78, 5) is 24.2. The van der Waals surface area contributed by atoms with Crippen molar-refractivity contribution in [2.45, 2.75) is 44.9 Å². The quantitative estimate of drug-likeness (QED) is 0.314. The minimum atomic E-state index is -1.30. The van der Waals surface area contributed by atoms with E-state index in [0.29, 0.717) is 33.5 Å². The number of hydrogen-bond acceptors (Lipinski definition) is 6. The van der Waals surface area contributed by atoms with E-state index in [9.17, 15) is 9.90 Å². The maximum atomic E-state index is 13.7. The van der Waals surface area contributed by atoms with Crippen molar-refractivity contribution >= 4 is 23.3 Å². The number of methoxy groups -OCH3 is 1. The number of rotatable bonds is 7. The van der Waals surface area contributed by atoms with E-state index in [1.165, 1.54) is 0 Å². The molecule has 0 spiro atoms. The molecule has 200 valence electrons. The fourth-order valence-electron chi connectivity index (χ4n) is 4.93. The molecule has 1 aliphatic rings. The van der Waals surface area contributed by atoms with Crippen molar-refractivity contribution in [3.8, 4) is 11.5 Å². The summed E-state index contributed by atoms with van der Waals surface area (Å²) in [6, 6.07) is 18.0. The highest BCUT2D eigenvalue weighted by molar-refractivity contribution is 6.30. The zero-order chi connectivity index (χ0) is 27.7. The molecule has 3 heterocycles. The fraction of sp³-hybridized carbons (Fsp3) is 0.258. The van der Waals surface area contributed by atoms with E-state index in [1.807, 2.05) is 56.3 Å². The second kappa shape index (κ2) is 10.7. The molecule has 1 aliphatic heterocycles. The number of aliphatic hydroxyl groups is 1. The van der Waals surface area contributed by atoms with Crippen molar-refractivity contribution in [3.63, 3.8) is 0 Å². The molecule has 1 amide bonds. The lowest BCUT2D eigenvalue weighted by molar-refractivity contribution is -0.118. The van der Waals surface area contributed by atoms with Gasteiger partial charge in [-0.1, -0.05) is 35.9 Å². The molecule has 2 atom stereocenters. The van der Waals surface area contributed by atoms with E-state index >= 15 is 0 Å². The molecule has 0 bridgehead atoms. The van der Waals surface area contributed by atoms with Crippen LogP contribution in [0.25, 0.3) is 0 Å². The van der Waals surface area contributed by atoms with Crippen molar-refractivity contribution in [3.05, 3.63) is 112 Å². The van der Waals surface area contributed by atoms with Gasteiger partial charge >= 0.3 is 0 Å². The highest BCUT2D eigenvalue weighted by atomic mass is 35.5. The SMILES string of the molecule is COc1cc2c(cc1OC(C)C)[C@H](c1ccc(Cl)cc1)N(c1ccc(C(C)(O)c3cccnc3)cn1)C(=O)C2. The van der Waals surface area contributed by atoms with E-state index in [4.69, 9.17) is 21.1 Å². The summed E-state index contributed by atoms with van der Waals surface area (Å²) < 4.78 is 11.7. The molecule has 0 saturated carbocycles. The van der Waals surface area contributed by atoms with Gasteiger partial charge in [0, 0.05) is 34.7 Å². The maximum absolute atomic E-state index is 13.7. The van der Waals surface area contributed by atoms with Crippen molar-refractivity contribution in [2.24, 2.45) is 0 Å². The molecule has 0 aliphatic carbocycles. The molecule has 2 aromatic carbocycles. The van der Waals surface area contributed by atoms with E-state index in [0.717, 1.165) is 16.7 Å². The van der Waals surface area contributed by atoms with Gasteiger partial charge in [0.15, 0.2) is 11.5 Å². The molecule has 7 nitrogen and oxygen atoms in total. The third kappa shape index (κ3) is 5.20. The van der Waals surface area contributed by atoms with E-state index in [1.54, 1.807) is 55.7 Å². The minimum Gasteiger partial charge on any atom is -0.493 e.